The van der Waals surface area contributed by atoms with E-state index in [9.17, 15) is 13.2 Å². The number of rotatable bonds is 9. The van der Waals surface area contributed by atoms with Crippen molar-refractivity contribution < 1.29 is 22.4 Å². The highest BCUT2D eigenvalue weighted by molar-refractivity contribution is 7.89. The molecule has 0 aliphatic carbocycles. The molecular weight excluding hydrogens is 404 g/mol. The summed E-state index contributed by atoms with van der Waals surface area (Å²) in [5.41, 5.74) is 1.75. The molecule has 0 spiro atoms. The minimum atomic E-state index is -3.74. The first kappa shape index (κ1) is 21.4. The maximum atomic E-state index is 12.3. The van der Waals surface area contributed by atoms with Crippen LogP contribution in [-0.2, 0) is 29.6 Å². The Bertz CT molecular complexity index is 1130. The average Bonchev–Trinajstić information content (AvgIpc) is 3.20. The molecule has 0 fully saturated rings. The van der Waals surface area contributed by atoms with Gasteiger partial charge in [0.05, 0.1) is 4.90 Å². The molecule has 30 heavy (non-hydrogen) atoms. The first-order chi connectivity index (χ1) is 14.4. The molecule has 0 aliphatic rings. The van der Waals surface area contributed by atoms with Gasteiger partial charge >= 0.3 is 0 Å². The molecule has 8 heteroatoms. The van der Waals surface area contributed by atoms with E-state index in [0.29, 0.717) is 12.2 Å². The van der Waals surface area contributed by atoms with Crippen LogP contribution in [0.3, 0.4) is 0 Å². The number of ether oxygens (including phenoxy) is 1. The number of amides is 1. The standard InChI is InChI=1S/C22H22N2O5S/c1-2-5-17-6-3-4-7-20(17)28-15-18-10-13-21(29-18)22(25)24-14-16-8-11-19(12-9-16)30(23,26)27/h2-4,6-13H,1,5,14-15H2,(H,24,25)(H2,23,26,27). The highest BCUT2D eigenvalue weighted by Gasteiger charge is 2.12. The van der Waals surface area contributed by atoms with Crippen LogP contribution in [0, 0.1) is 0 Å². The van der Waals surface area contributed by atoms with Crippen LogP contribution in [0.1, 0.15) is 27.4 Å². The Labute approximate surface area is 175 Å². The van der Waals surface area contributed by atoms with Gasteiger partial charge in [-0.05, 0) is 47.9 Å². The Morgan fingerprint density at radius 2 is 1.83 bits per heavy atom. The van der Waals surface area contributed by atoms with Crippen molar-refractivity contribution in [3.8, 4) is 5.75 Å². The molecule has 1 aromatic heterocycles. The summed E-state index contributed by atoms with van der Waals surface area (Å²) in [4.78, 5) is 12.3. The van der Waals surface area contributed by atoms with Crippen LogP contribution in [0.2, 0.25) is 0 Å². The number of nitrogens with one attached hydrogen (secondary N) is 1. The van der Waals surface area contributed by atoms with Gasteiger partial charge in [0.2, 0.25) is 10.0 Å². The van der Waals surface area contributed by atoms with Crippen molar-refractivity contribution in [2.75, 3.05) is 0 Å². The second-order valence-electron chi connectivity index (χ2n) is 6.53. The van der Waals surface area contributed by atoms with Crippen LogP contribution in [0.15, 0.2) is 82.6 Å². The van der Waals surface area contributed by atoms with E-state index < -0.39 is 10.0 Å². The van der Waals surface area contributed by atoms with Crippen LogP contribution in [-0.4, -0.2) is 14.3 Å². The Morgan fingerprint density at radius 3 is 2.53 bits per heavy atom. The van der Waals surface area contributed by atoms with Gasteiger partial charge in [0.1, 0.15) is 18.1 Å². The molecule has 0 atom stereocenters. The van der Waals surface area contributed by atoms with Crippen LogP contribution in [0.25, 0.3) is 0 Å². The highest BCUT2D eigenvalue weighted by Crippen LogP contribution is 2.21. The minimum absolute atomic E-state index is 0.0166. The van der Waals surface area contributed by atoms with Gasteiger partial charge in [-0.2, -0.15) is 0 Å². The lowest BCUT2D eigenvalue weighted by Gasteiger charge is -2.09. The number of sulfonamides is 1. The number of allylic oxidation sites excluding steroid dienone is 1. The predicted molar refractivity (Wildman–Crippen MR) is 112 cm³/mol. The normalized spacial score (nSPS) is 11.1. The smallest absolute Gasteiger partial charge is 0.287 e. The molecule has 0 unspecified atom stereocenters. The van der Waals surface area contributed by atoms with Gasteiger partial charge in [-0.25, -0.2) is 13.6 Å². The zero-order valence-electron chi connectivity index (χ0n) is 16.2. The quantitative estimate of drug-likeness (QED) is 0.511. The van der Waals surface area contributed by atoms with Gasteiger partial charge < -0.3 is 14.5 Å². The van der Waals surface area contributed by atoms with E-state index >= 15 is 0 Å². The summed E-state index contributed by atoms with van der Waals surface area (Å²) in [6, 6.07) is 16.9. The Morgan fingerprint density at radius 1 is 1.10 bits per heavy atom. The maximum absolute atomic E-state index is 12.3. The highest BCUT2D eigenvalue weighted by atomic mass is 32.2. The minimum Gasteiger partial charge on any atom is -0.485 e. The van der Waals surface area contributed by atoms with Crippen molar-refractivity contribution in [3.63, 3.8) is 0 Å². The topological polar surface area (TPSA) is 112 Å². The zero-order chi connectivity index (χ0) is 21.6. The largest absolute Gasteiger partial charge is 0.485 e. The van der Waals surface area contributed by atoms with E-state index in [1.807, 2.05) is 24.3 Å². The van der Waals surface area contributed by atoms with E-state index in [4.69, 9.17) is 14.3 Å². The second kappa shape index (κ2) is 9.43. The Hall–Kier alpha value is -3.36. The number of nitrogens with two attached hydrogens (primary N) is 1. The number of carbonyl (C=O) groups is 1. The molecule has 3 N–H and O–H groups in total. The van der Waals surface area contributed by atoms with Crippen molar-refractivity contribution in [2.24, 2.45) is 5.14 Å². The van der Waals surface area contributed by atoms with Crippen molar-refractivity contribution in [3.05, 3.63) is 96.0 Å². The summed E-state index contributed by atoms with van der Waals surface area (Å²) in [7, 11) is -3.74. The molecule has 2 aromatic carbocycles. The van der Waals surface area contributed by atoms with Gasteiger partial charge in [-0.3, -0.25) is 4.79 Å². The fraction of sp³-hybridized carbons (Fsp3) is 0.136. The molecule has 0 saturated heterocycles. The summed E-state index contributed by atoms with van der Waals surface area (Å²) >= 11 is 0. The molecule has 0 saturated carbocycles. The Kier molecular flexibility index (Phi) is 6.71. The number of hydrogen-bond donors (Lipinski definition) is 2. The number of carbonyl (C=O) groups excluding carboxylic acids is 1. The molecule has 0 aliphatic heterocycles. The van der Waals surface area contributed by atoms with Gasteiger partial charge in [0, 0.05) is 6.54 Å². The monoisotopic (exact) mass is 426 g/mol. The van der Waals surface area contributed by atoms with E-state index in [1.165, 1.54) is 12.1 Å². The summed E-state index contributed by atoms with van der Waals surface area (Å²) in [6.07, 6.45) is 2.50. The molecular formula is C22H22N2O5S. The number of furan rings is 1. The van der Waals surface area contributed by atoms with Crippen molar-refractivity contribution in [1.29, 1.82) is 0 Å². The van der Waals surface area contributed by atoms with Crippen LogP contribution in [0.5, 0.6) is 5.75 Å². The molecule has 7 nitrogen and oxygen atoms in total. The third-order valence-electron chi connectivity index (χ3n) is 4.30. The zero-order valence-corrected chi connectivity index (χ0v) is 17.0. The summed E-state index contributed by atoms with van der Waals surface area (Å²) in [5, 5.41) is 7.79. The number of para-hydroxylation sites is 1. The van der Waals surface area contributed by atoms with E-state index in [0.717, 1.165) is 16.9 Å². The molecule has 0 bridgehead atoms. The summed E-state index contributed by atoms with van der Waals surface area (Å²) < 4.78 is 33.9. The first-order valence-corrected chi connectivity index (χ1v) is 10.7. The molecule has 3 aromatic rings. The third-order valence-corrected chi connectivity index (χ3v) is 5.23. The van der Waals surface area contributed by atoms with E-state index in [2.05, 4.69) is 11.9 Å². The number of hydrogen-bond acceptors (Lipinski definition) is 5. The third kappa shape index (κ3) is 5.59. The first-order valence-electron chi connectivity index (χ1n) is 9.17. The fourth-order valence-corrected chi connectivity index (χ4v) is 3.28. The van der Waals surface area contributed by atoms with Crippen LogP contribution in [0.4, 0.5) is 0 Å². The SMILES string of the molecule is C=CCc1ccccc1OCc1ccc(C(=O)NCc2ccc(S(N)(=O)=O)cc2)o1. The molecule has 3 rings (SSSR count). The van der Waals surface area contributed by atoms with Crippen molar-refractivity contribution >= 4 is 15.9 Å². The summed E-state index contributed by atoms with van der Waals surface area (Å²) in [6.45, 7) is 4.15. The van der Waals surface area contributed by atoms with Gasteiger partial charge in [-0.1, -0.05) is 36.4 Å². The van der Waals surface area contributed by atoms with Crippen LogP contribution < -0.4 is 15.2 Å². The average molecular weight is 426 g/mol. The second-order valence-corrected chi connectivity index (χ2v) is 8.09. The predicted octanol–water partition coefficient (Wildman–Crippen LogP) is 3.16. The molecule has 0 radical (unpaired) electrons. The van der Waals surface area contributed by atoms with Crippen LogP contribution >= 0.6 is 0 Å². The van der Waals surface area contributed by atoms with Crippen molar-refractivity contribution in [1.82, 2.24) is 5.32 Å². The molecule has 156 valence electrons. The molecule has 1 amide bonds. The molecule has 1 heterocycles. The van der Waals surface area contributed by atoms with Gasteiger partial charge in [0.15, 0.2) is 5.76 Å². The van der Waals surface area contributed by atoms with Gasteiger partial charge in [-0.15, -0.1) is 6.58 Å². The lowest BCUT2D eigenvalue weighted by atomic mass is 10.1. The lowest BCUT2D eigenvalue weighted by Crippen LogP contribution is -2.22. The van der Waals surface area contributed by atoms with Crippen molar-refractivity contribution in [2.45, 2.75) is 24.5 Å². The number of primary sulfonamides is 1. The fourth-order valence-electron chi connectivity index (χ4n) is 2.76. The summed E-state index contributed by atoms with van der Waals surface area (Å²) in [5.74, 6) is 1.03. The van der Waals surface area contributed by atoms with E-state index in [1.54, 1.807) is 30.3 Å². The van der Waals surface area contributed by atoms with E-state index in [-0.39, 0.29) is 29.7 Å². The Balaban J connectivity index is 1.55. The lowest BCUT2D eigenvalue weighted by molar-refractivity contribution is 0.0919. The van der Waals surface area contributed by atoms with Gasteiger partial charge in [0.25, 0.3) is 5.91 Å². The maximum Gasteiger partial charge on any atom is 0.287 e. The number of benzene rings is 2.